The lowest BCUT2D eigenvalue weighted by molar-refractivity contribution is -0.384. The molecule has 94 valence electrons. The molecule has 0 fully saturated rings. The van der Waals surface area contributed by atoms with Crippen LogP contribution in [0, 0.1) is 10.1 Å². The number of hydrogen-bond donors (Lipinski definition) is 1. The normalized spacial score (nSPS) is 16.2. The van der Waals surface area contributed by atoms with Crippen molar-refractivity contribution in [1.82, 2.24) is 0 Å². The van der Waals surface area contributed by atoms with Gasteiger partial charge >= 0.3 is 7.60 Å². The van der Waals surface area contributed by atoms with Crippen LogP contribution >= 0.6 is 7.60 Å². The average molecular weight is 259 g/mol. The first-order valence-corrected chi connectivity index (χ1v) is 6.70. The number of nitrogens with zero attached hydrogens (tertiary/aromatic N) is 1. The van der Waals surface area contributed by atoms with Gasteiger partial charge in [-0.25, -0.2) is 0 Å². The first-order chi connectivity index (χ1) is 7.86. The molecular weight excluding hydrogens is 245 g/mol. The SMILES string of the molecule is CCC(C)OP(=O)(O)c1cccc([N+](=O)[O-])c1. The van der Waals surface area contributed by atoms with E-state index in [1.807, 2.05) is 6.92 Å². The molecule has 0 aromatic heterocycles. The molecular formula is C10H14NO5P. The fourth-order valence-corrected chi connectivity index (χ4v) is 2.49. The molecule has 0 spiro atoms. The molecule has 0 heterocycles. The fourth-order valence-electron chi connectivity index (χ4n) is 1.16. The smallest absolute Gasteiger partial charge is 0.321 e. The van der Waals surface area contributed by atoms with Crippen LogP contribution in [0.5, 0.6) is 0 Å². The maximum atomic E-state index is 11.9. The van der Waals surface area contributed by atoms with E-state index in [4.69, 9.17) is 4.52 Å². The molecule has 0 saturated carbocycles. The Balaban J connectivity index is 3.02. The molecule has 1 N–H and O–H groups in total. The Morgan fingerprint density at radius 2 is 2.24 bits per heavy atom. The number of benzene rings is 1. The Morgan fingerprint density at radius 3 is 2.76 bits per heavy atom. The average Bonchev–Trinajstić information content (AvgIpc) is 2.28. The summed E-state index contributed by atoms with van der Waals surface area (Å²) in [6, 6.07) is 5.02. The van der Waals surface area contributed by atoms with Crippen LogP contribution in [0.15, 0.2) is 24.3 Å². The quantitative estimate of drug-likeness (QED) is 0.497. The van der Waals surface area contributed by atoms with E-state index in [1.54, 1.807) is 6.92 Å². The van der Waals surface area contributed by atoms with Gasteiger partial charge in [0.2, 0.25) is 0 Å². The first-order valence-electron chi connectivity index (χ1n) is 5.13. The van der Waals surface area contributed by atoms with Crippen molar-refractivity contribution in [2.75, 3.05) is 0 Å². The highest BCUT2D eigenvalue weighted by atomic mass is 31.2. The van der Waals surface area contributed by atoms with Gasteiger partial charge in [0.15, 0.2) is 0 Å². The molecule has 17 heavy (non-hydrogen) atoms. The van der Waals surface area contributed by atoms with Gasteiger partial charge in [0.25, 0.3) is 5.69 Å². The summed E-state index contributed by atoms with van der Waals surface area (Å²) in [7, 11) is -3.99. The third-order valence-corrected chi connectivity index (χ3v) is 3.84. The van der Waals surface area contributed by atoms with Gasteiger partial charge < -0.3 is 9.42 Å². The molecule has 0 bridgehead atoms. The molecule has 0 amide bonds. The topological polar surface area (TPSA) is 89.7 Å². The van der Waals surface area contributed by atoms with Gasteiger partial charge in [-0.1, -0.05) is 13.0 Å². The third kappa shape index (κ3) is 3.63. The summed E-state index contributed by atoms with van der Waals surface area (Å²) in [5.41, 5.74) is -0.232. The Hall–Kier alpha value is -1.23. The molecule has 0 saturated heterocycles. The highest BCUT2D eigenvalue weighted by Gasteiger charge is 2.26. The molecule has 6 nitrogen and oxygen atoms in total. The molecule has 0 aliphatic carbocycles. The third-order valence-electron chi connectivity index (χ3n) is 2.26. The summed E-state index contributed by atoms with van der Waals surface area (Å²) in [4.78, 5) is 19.6. The molecule has 0 aliphatic rings. The van der Waals surface area contributed by atoms with E-state index in [-0.39, 0.29) is 17.1 Å². The second kappa shape index (κ2) is 5.40. The Bertz CT molecular complexity index is 462. The van der Waals surface area contributed by atoms with E-state index in [9.17, 15) is 19.6 Å². The lowest BCUT2D eigenvalue weighted by Gasteiger charge is -2.16. The largest absolute Gasteiger partial charge is 0.359 e. The second-order valence-corrected chi connectivity index (χ2v) is 5.39. The lowest BCUT2D eigenvalue weighted by Crippen LogP contribution is -2.13. The predicted octanol–water partition coefficient (Wildman–Crippen LogP) is 2.22. The van der Waals surface area contributed by atoms with Crippen LogP contribution in [0.4, 0.5) is 5.69 Å². The highest BCUT2D eigenvalue weighted by molar-refractivity contribution is 7.61. The Morgan fingerprint density at radius 1 is 1.59 bits per heavy atom. The Kier molecular flexibility index (Phi) is 4.40. The highest BCUT2D eigenvalue weighted by Crippen LogP contribution is 2.43. The van der Waals surface area contributed by atoms with Gasteiger partial charge in [-0.2, -0.15) is 0 Å². The van der Waals surface area contributed by atoms with E-state index < -0.39 is 12.5 Å². The predicted molar refractivity (Wildman–Crippen MR) is 63.4 cm³/mol. The summed E-state index contributed by atoms with van der Waals surface area (Å²) < 4.78 is 16.9. The zero-order chi connectivity index (χ0) is 13.1. The number of hydrogen-bond acceptors (Lipinski definition) is 4. The van der Waals surface area contributed by atoms with Gasteiger partial charge in [-0.15, -0.1) is 0 Å². The molecule has 1 rings (SSSR count). The van der Waals surface area contributed by atoms with Crippen LogP contribution in [0.25, 0.3) is 0 Å². The van der Waals surface area contributed by atoms with Crippen LogP contribution in [0.2, 0.25) is 0 Å². The molecule has 7 heteroatoms. The molecule has 1 aromatic rings. The monoisotopic (exact) mass is 259 g/mol. The van der Waals surface area contributed by atoms with Gasteiger partial charge in [0.1, 0.15) is 0 Å². The molecule has 0 aliphatic heterocycles. The maximum Gasteiger partial charge on any atom is 0.359 e. The number of non-ortho nitro benzene ring substituents is 1. The zero-order valence-electron chi connectivity index (χ0n) is 9.57. The lowest BCUT2D eigenvalue weighted by atomic mass is 10.3. The minimum absolute atomic E-state index is 0.0630. The van der Waals surface area contributed by atoms with Crippen LogP contribution in [0.1, 0.15) is 20.3 Å². The van der Waals surface area contributed by atoms with Gasteiger partial charge in [-0.3, -0.25) is 14.7 Å². The molecule has 2 atom stereocenters. The van der Waals surface area contributed by atoms with E-state index in [1.165, 1.54) is 18.2 Å². The van der Waals surface area contributed by atoms with E-state index in [0.29, 0.717) is 6.42 Å². The number of nitro benzene ring substituents is 1. The van der Waals surface area contributed by atoms with E-state index in [2.05, 4.69) is 0 Å². The minimum Gasteiger partial charge on any atom is -0.321 e. The van der Waals surface area contributed by atoms with Crippen molar-refractivity contribution in [1.29, 1.82) is 0 Å². The van der Waals surface area contributed by atoms with Gasteiger partial charge in [-0.05, 0) is 19.4 Å². The van der Waals surface area contributed by atoms with E-state index >= 15 is 0 Å². The summed E-state index contributed by atoms with van der Waals surface area (Å²) >= 11 is 0. The van der Waals surface area contributed by atoms with Crippen molar-refractivity contribution in [2.24, 2.45) is 0 Å². The summed E-state index contributed by atoms with van der Waals surface area (Å²) in [6.07, 6.45) is 0.199. The molecule has 2 unspecified atom stereocenters. The van der Waals surface area contributed by atoms with Crippen LogP contribution in [-0.4, -0.2) is 15.9 Å². The van der Waals surface area contributed by atoms with Crippen LogP contribution in [0.3, 0.4) is 0 Å². The summed E-state index contributed by atoms with van der Waals surface area (Å²) in [6.45, 7) is 3.48. The minimum atomic E-state index is -3.99. The maximum absolute atomic E-state index is 11.9. The molecule has 0 radical (unpaired) electrons. The number of rotatable bonds is 5. The first kappa shape index (κ1) is 13.8. The molecule has 1 aromatic carbocycles. The van der Waals surface area contributed by atoms with Gasteiger partial charge in [0, 0.05) is 12.1 Å². The summed E-state index contributed by atoms with van der Waals surface area (Å²) in [5, 5.41) is 10.5. The second-order valence-electron chi connectivity index (χ2n) is 3.62. The number of nitro groups is 1. The van der Waals surface area contributed by atoms with E-state index in [0.717, 1.165) is 6.07 Å². The van der Waals surface area contributed by atoms with Crippen molar-refractivity contribution in [2.45, 2.75) is 26.4 Å². The van der Waals surface area contributed by atoms with Crippen molar-refractivity contribution in [3.8, 4) is 0 Å². The summed E-state index contributed by atoms with van der Waals surface area (Å²) in [5.74, 6) is 0. The van der Waals surface area contributed by atoms with Gasteiger partial charge in [0.05, 0.1) is 16.3 Å². The van der Waals surface area contributed by atoms with Crippen LogP contribution < -0.4 is 5.30 Å². The Labute approximate surface area is 98.9 Å². The van der Waals surface area contributed by atoms with Crippen molar-refractivity contribution >= 4 is 18.6 Å². The van der Waals surface area contributed by atoms with Crippen LogP contribution in [-0.2, 0) is 9.09 Å². The van der Waals surface area contributed by atoms with Crippen molar-refractivity contribution in [3.05, 3.63) is 34.4 Å². The van der Waals surface area contributed by atoms with Crippen molar-refractivity contribution < 1.29 is 18.9 Å². The standard InChI is InChI=1S/C10H14NO5P/c1-3-8(2)16-17(14,15)10-6-4-5-9(7-10)11(12)13/h4-8H,3H2,1-2H3,(H,14,15). The zero-order valence-corrected chi connectivity index (χ0v) is 10.5. The van der Waals surface area contributed by atoms with Crippen molar-refractivity contribution in [3.63, 3.8) is 0 Å². The fraction of sp³-hybridized carbons (Fsp3) is 0.400.